The average Bonchev–Trinajstić information content (AvgIpc) is 3.23. The second-order valence-electron chi connectivity index (χ2n) is 15.9. The van der Waals surface area contributed by atoms with E-state index in [-0.39, 0.29) is 60.9 Å². The molecule has 3 aliphatic heterocycles. The number of halogens is 4. The number of nitrogen functional groups attached to an aromatic ring is 1. The smallest absolute Gasteiger partial charge is 0.419 e. The van der Waals surface area contributed by atoms with Gasteiger partial charge in [-0.15, -0.1) is 0 Å². The number of likely N-dealkylation sites (N-methyl/N-ethyl adjacent to an activating group) is 1. The quantitative estimate of drug-likeness (QED) is 0.107. The van der Waals surface area contributed by atoms with E-state index in [2.05, 4.69) is 10.2 Å². The van der Waals surface area contributed by atoms with Crippen LogP contribution >= 0.6 is 11.6 Å². The number of nitrogens with zero attached hydrogens (tertiary/aromatic N) is 4. The molecule has 5 amide bonds. The van der Waals surface area contributed by atoms with Crippen molar-refractivity contribution in [2.24, 2.45) is 11.8 Å². The number of anilines is 1. The molecule has 0 bridgehead atoms. The Morgan fingerprint density at radius 1 is 0.933 bits per heavy atom. The van der Waals surface area contributed by atoms with Crippen LogP contribution < -0.4 is 16.4 Å². The summed E-state index contributed by atoms with van der Waals surface area (Å²) in [5.74, 6) is -0.498. The number of hydrogen-bond donors (Lipinski definition) is 4. The largest absolute Gasteiger partial charge is 0.456 e. The molecule has 0 unspecified atom stereocenters. The van der Waals surface area contributed by atoms with E-state index in [4.69, 9.17) is 32.2 Å². The summed E-state index contributed by atoms with van der Waals surface area (Å²) < 4.78 is 52.5. The zero-order valence-electron chi connectivity index (χ0n) is 34.0. The fourth-order valence-electron chi connectivity index (χ4n) is 7.96. The summed E-state index contributed by atoms with van der Waals surface area (Å²) in [6, 6.07) is 10.2. The molecule has 3 fully saturated rings. The summed E-state index contributed by atoms with van der Waals surface area (Å²) in [5.41, 5.74) is 4.47. The van der Waals surface area contributed by atoms with Crippen LogP contribution in [0.25, 0.3) is 0 Å². The maximum atomic E-state index is 14.1. The third-order valence-electron chi connectivity index (χ3n) is 11.6. The Hall–Kier alpha value is -4.94. The van der Waals surface area contributed by atoms with E-state index in [1.165, 1.54) is 21.2 Å². The molecule has 0 spiro atoms. The molecular weight excluding hydrogens is 809 g/mol. The molecule has 15 nitrogen and oxygen atoms in total. The van der Waals surface area contributed by atoms with Crippen LogP contribution in [-0.2, 0) is 36.5 Å². The lowest BCUT2D eigenvalue weighted by molar-refractivity contribution is -0.598. The molecular formula is C41H55ClF3N8O7+. The van der Waals surface area contributed by atoms with E-state index in [1.807, 2.05) is 6.07 Å². The Labute approximate surface area is 352 Å². The number of rotatable bonds is 12. The van der Waals surface area contributed by atoms with Crippen LogP contribution in [0.15, 0.2) is 42.5 Å². The first-order valence-electron chi connectivity index (χ1n) is 20.3. The van der Waals surface area contributed by atoms with Gasteiger partial charge in [-0.05, 0) is 68.3 Å². The van der Waals surface area contributed by atoms with Crippen molar-refractivity contribution >= 4 is 53.0 Å². The summed E-state index contributed by atoms with van der Waals surface area (Å²) in [4.78, 5) is 70.7. The predicted octanol–water partition coefficient (Wildman–Crippen LogP) is 3.72. The minimum absolute atomic E-state index is 0.0324. The fraction of sp³-hybridized carbons (Fsp3) is 0.561. The number of carbonyl (C=O) groups is 5. The van der Waals surface area contributed by atoms with Crippen molar-refractivity contribution in [3.63, 3.8) is 0 Å². The lowest BCUT2D eigenvalue weighted by Crippen LogP contribution is -2.96. The van der Waals surface area contributed by atoms with Crippen LogP contribution in [0.1, 0.15) is 61.6 Å². The van der Waals surface area contributed by atoms with E-state index >= 15 is 0 Å². The molecule has 0 aromatic heterocycles. The van der Waals surface area contributed by atoms with E-state index in [1.54, 1.807) is 43.3 Å². The van der Waals surface area contributed by atoms with Crippen molar-refractivity contribution in [3.8, 4) is 0 Å². The number of quaternary nitrogens is 1. The van der Waals surface area contributed by atoms with Gasteiger partial charge in [-0.3, -0.25) is 30.4 Å². The normalized spacial score (nSPS) is 17.8. The zero-order chi connectivity index (χ0) is 43.6. The summed E-state index contributed by atoms with van der Waals surface area (Å²) in [6.45, 7) is 3.05. The second kappa shape index (κ2) is 21.0. The highest BCUT2D eigenvalue weighted by atomic mass is 35.5. The van der Waals surface area contributed by atoms with Crippen LogP contribution in [0.4, 0.5) is 28.4 Å². The van der Waals surface area contributed by atoms with Gasteiger partial charge in [0, 0.05) is 71.6 Å². The lowest BCUT2D eigenvalue weighted by Gasteiger charge is -2.41. The number of nitrogens with one attached hydrogen (secondary N) is 2. The van der Waals surface area contributed by atoms with E-state index in [0.717, 1.165) is 32.0 Å². The first-order valence-corrected chi connectivity index (χ1v) is 20.6. The van der Waals surface area contributed by atoms with Crippen LogP contribution in [0, 0.1) is 17.2 Å². The first-order chi connectivity index (χ1) is 28.5. The highest BCUT2D eigenvalue weighted by Crippen LogP contribution is 2.38. The minimum Gasteiger partial charge on any atom is -0.456 e. The Balaban J connectivity index is 1.15. The summed E-state index contributed by atoms with van der Waals surface area (Å²) in [6.07, 6.45) is -3.12. The van der Waals surface area contributed by atoms with Crippen LogP contribution in [0.2, 0.25) is 5.02 Å². The third kappa shape index (κ3) is 13.0. The lowest BCUT2D eigenvalue weighted by atomic mass is 9.78. The second-order valence-corrected chi connectivity index (χ2v) is 16.3. The van der Waals surface area contributed by atoms with Crippen molar-refractivity contribution in [2.75, 3.05) is 72.2 Å². The van der Waals surface area contributed by atoms with Crippen LogP contribution in [-0.4, -0.2) is 134 Å². The maximum absolute atomic E-state index is 14.1. The predicted molar refractivity (Wildman–Crippen MR) is 216 cm³/mol. The third-order valence-corrected chi connectivity index (χ3v) is 11.9. The Kier molecular flexibility index (Phi) is 16.2. The van der Waals surface area contributed by atoms with Gasteiger partial charge in [0.1, 0.15) is 5.84 Å². The molecule has 3 saturated heterocycles. The number of amidine groups is 1. The monoisotopic (exact) mass is 863 g/mol. The van der Waals surface area contributed by atoms with Gasteiger partial charge >= 0.3 is 24.3 Å². The number of primary amides is 1. The molecule has 5 rings (SSSR count). The zero-order valence-corrected chi connectivity index (χ0v) is 34.7. The van der Waals surface area contributed by atoms with Crippen LogP contribution in [0.3, 0.4) is 0 Å². The molecule has 1 atom stereocenters. The van der Waals surface area contributed by atoms with Gasteiger partial charge in [0.05, 0.1) is 28.7 Å². The number of nitrogens with two attached hydrogens (primary N) is 2. The minimum atomic E-state index is -4.81. The Morgan fingerprint density at radius 3 is 2.13 bits per heavy atom. The number of ether oxygens (including phenoxy) is 2. The molecule has 3 aliphatic rings. The number of hydrogen-bond acceptors (Lipinski definition) is 10. The van der Waals surface area contributed by atoms with Gasteiger partial charge in [-0.2, -0.15) is 13.2 Å². The number of urea groups is 1. The molecule has 3 heterocycles. The van der Waals surface area contributed by atoms with Crippen molar-refractivity contribution in [1.82, 2.24) is 24.9 Å². The molecule has 60 heavy (non-hydrogen) atoms. The molecule has 328 valence electrons. The molecule has 0 saturated carbocycles. The average molecular weight is 864 g/mol. The van der Waals surface area contributed by atoms with Gasteiger partial charge in [0.15, 0.2) is 12.7 Å². The van der Waals surface area contributed by atoms with Gasteiger partial charge in [0.25, 0.3) is 11.8 Å². The number of esters is 1. The molecule has 2 aromatic rings. The standard InChI is InChI=1S/C41H54ClF3N8O7/c1-50(2)34(54)25-59-35(55)14-17-51-15-8-27(9-16-51)28-10-18-52(19-11-28)38(56)33(24-26-22-31(41(43,44)45)36(46)32(42)23-26)60-40(58)53-20-12-30(13-21-53)48-39(57)49-37(47)29-6-4-3-5-7-29/h3-7,22-23,27-28,30,33H,8-21,24-25,46H2,1-2H3,(H3,47,48,49,57)/p+1/t33-/m1/s1. The van der Waals surface area contributed by atoms with Gasteiger partial charge < -0.3 is 34.8 Å². The number of amides is 5. The van der Waals surface area contributed by atoms with Crippen molar-refractivity contribution in [2.45, 2.75) is 69.7 Å². The van der Waals surface area contributed by atoms with Crippen molar-refractivity contribution in [1.29, 1.82) is 5.41 Å². The summed E-state index contributed by atoms with van der Waals surface area (Å²) in [7, 11) is 3.19. The SMILES string of the molecule is CN(C)C(=O)COC(=O)CCN1CCC(C2CCN(C(=O)[C@@H](Cc3cc(Cl)c(N)c(C(F)(F)F)c3)OC(=O)N3CCC([NH2+]C(=O)NC(=N)c4ccccc4)CC3)CC2)CC1. The first kappa shape index (κ1) is 46.1. The van der Waals surface area contributed by atoms with Gasteiger partial charge in [0.2, 0.25) is 0 Å². The molecule has 2 aromatic carbocycles. The molecule has 0 radical (unpaired) electrons. The van der Waals surface area contributed by atoms with Crippen molar-refractivity contribution < 1.29 is 51.9 Å². The highest BCUT2D eigenvalue weighted by molar-refractivity contribution is 6.33. The van der Waals surface area contributed by atoms with E-state index in [0.29, 0.717) is 62.7 Å². The fourth-order valence-corrected chi connectivity index (χ4v) is 8.20. The van der Waals surface area contributed by atoms with Crippen LogP contribution in [0.5, 0.6) is 0 Å². The summed E-state index contributed by atoms with van der Waals surface area (Å²) in [5, 5.41) is 11.9. The number of likely N-dealkylation sites (tertiary alicyclic amines) is 3. The highest BCUT2D eigenvalue weighted by Gasteiger charge is 2.38. The maximum Gasteiger partial charge on any atom is 0.419 e. The molecule has 19 heteroatoms. The van der Waals surface area contributed by atoms with E-state index in [9.17, 15) is 37.1 Å². The number of carbonyl (C=O) groups excluding carboxylic acids is 5. The Morgan fingerprint density at radius 2 is 1.53 bits per heavy atom. The number of alkyl halides is 3. The van der Waals surface area contributed by atoms with Gasteiger partial charge in [-0.1, -0.05) is 41.9 Å². The van der Waals surface area contributed by atoms with Gasteiger partial charge in [-0.25, -0.2) is 9.59 Å². The number of piperidine rings is 3. The number of benzene rings is 2. The molecule has 0 aliphatic carbocycles. The topological polar surface area (TPSA) is 195 Å². The molecule has 6 N–H and O–H groups in total. The van der Waals surface area contributed by atoms with Crippen molar-refractivity contribution in [3.05, 3.63) is 64.2 Å². The Bertz CT molecular complexity index is 1850. The summed E-state index contributed by atoms with van der Waals surface area (Å²) >= 11 is 6.12. The van der Waals surface area contributed by atoms with E-state index < -0.39 is 47.5 Å².